The Kier molecular flexibility index (Phi) is 6.80. The Labute approximate surface area is 144 Å². The largest absolute Gasteiger partial charge is 0.356 e. The van der Waals surface area contributed by atoms with Crippen molar-refractivity contribution in [2.75, 3.05) is 53.9 Å². The molecule has 0 bridgehead atoms. The minimum atomic E-state index is 0.525. The molecule has 0 radical (unpaired) electrons. The number of aliphatic imine (C=N–C) groups is 1. The highest BCUT2D eigenvalue weighted by Crippen LogP contribution is 2.16. The maximum atomic E-state index is 4.58. The van der Waals surface area contributed by atoms with Gasteiger partial charge in [-0.05, 0) is 27.9 Å². The van der Waals surface area contributed by atoms with Crippen molar-refractivity contribution in [1.82, 2.24) is 25.4 Å². The number of piperazine rings is 1. The van der Waals surface area contributed by atoms with Crippen LogP contribution in [-0.4, -0.2) is 80.7 Å². The Morgan fingerprint density at radius 1 is 1.30 bits per heavy atom. The van der Waals surface area contributed by atoms with Gasteiger partial charge in [-0.15, -0.1) is 11.3 Å². The first-order valence-electron chi connectivity index (χ1n) is 8.25. The maximum absolute atomic E-state index is 4.58. The van der Waals surface area contributed by atoms with Crippen LogP contribution in [0.2, 0.25) is 0 Å². The molecule has 1 aliphatic heterocycles. The second-order valence-electron chi connectivity index (χ2n) is 6.28. The van der Waals surface area contributed by atoms with Crippen molar-refractivity contribution >= 4 is 17.3 Å². The topological polar surface area (TPSA) is 55.8 Å². The number of hydrogen-bond donors (Lipinski definition) is 2. The first-order valence-corrected chi connectivity index (χ1v) is 9.07. The van der Waals surface area contributed by atoms with Crippen LogP contribution in [0.3, 0.4) is 0 Å². The third-order valence-electron chi connectivity index (χ3n) is 4.41. The van der Waals surface area contributed by atoms with Gasteiger partial charge < -0.3 is 15.5 Å². The van der Waals surface area contributed by atoms with Gasteiger partial charge in [-0.2, -0.15) is 0 Å². The van der Waals surface area contributed by atoms with Crippen LogP contribution >= 0.6 is 11.3 Å². The lowest BCUT2D eigenvalue weighted by atomic mass is 10.2. The average molecular weight is 339 g/mol. The zero-order valence-electron chi connectivity index (χ0n) is 15.0. The molecular weight excluding hydrogens is 308 g/mol. The molecule has 1 aliphatic rings. The average Bonchev–Trinajstić information content (AvgIpc) is 2.84. The van der Waals surface area contributed by atoms with E-state index in [2.05, 4.69) is 58.4 Å². The predicted octanol–water partition coefficient (Wildman–Crippen LogP) is 0.713. The smallest absolute Gasteiger partial charge is 0.191 e. The minimum absolute atomic E-state index is 0.525. The number of aryl methyl sites for hydroxylation is 2. The van der Waals surface area contributed by atoms with E-state index in [1.807, 2.05) is 7.05 Å². The Balaban J connectivity index is 1.73. The Hall–Kier alpha value is -1.18. The molecule has 1 atom stereocenters. The van der Waals surface area contributed by atoms with Gasteiger partial charge in [0.2, 0.25) is 0 Å². The van der Waals surface area contributed by atoms with Gasteiger partial charge in [0.1, 0.15) is 0 Å². The summed E-state index contributed by atoms with van der Waals surface area (Å²) in [6, 6.07) is 0.525. The summed E-state index contributed by atoms with van der Waals surface area (Å²) in [7, 11) is 6.21. The van der Waals surface area contributed by atoms with Crippen molar-refractivity contribution in [3.05, 3.63) is 15.6 Å². The van der Waals surface area contributed by atoms with E-state index in [0.717, 1.165) is 50.8 Å². The van der Waals surface area contributed by atoms with Gasteiger partial charge in [0, 0.05) is 57.1 Å². The predicted molar refractivity (Wildman–Crippen MR) is 98.6 cm³/mol. The fourth-order valence-electron chi connectivity index (χ4n) is 2.69. The summed E-state index contributed by atoms with van der Waals surface area (Å²) < 4.78 is 0. The van der Waals surface area contributed by atoms with Crippen molar-refractivity contribution in [2.24, 2.45) is 4.99 Å². The second-order valence-corrected chi connectivity index (χ2v) is 7.56. The summed E-state index contributed by atoms with van der Waals surface area (Å²) in [5.74, 6) is 0.872. The highest BCUT2D eigenvalue weighted by Gasteiger charge is 2.21. The molecule has 1 aromatic heterocycles. The monoisotopic (exact) mass is 338 g/mol. The van der Waals surface area contributed by atoms with Crippen molar-refractivity contribution < 1.29 is 0 Å². The number of guanidine groups is 1. The molecule has 1 saturated heterocycles. The molecule has 2 N–H and O–H groups in total. The van der Waals surface area contributed by atoms with E-state index >= 15 is 0 Å². The van der Waals surface area contributed by atoms with Crippen LogP contribution in [0, 0.1) is 13.8 Å². The van der Waals surface area contributed by atoms with Gasteiger partial charge in [-0.3, -0.25) is 9.89 Å². The Bertz CT molecular complexity index is 507. The van der Waals surface area contributed by atoms with Crippen molar-refractivity contribution in [3.63, 3.8) is 0 Å². The number of thiazole rings is 1. The number of rotatable bonds is 5. The molecule has 0 spiro atoms. The number of aromatic nitrogens is 1. The third-order valence-corrected chi connectivity index (χ3v) is 5.55. The summed E-state index contributed by atoms with van der Waals surface area (Å²) in [6.07, 6.45) is 0.937. The van der Waals surface area contributed by atoms with Gasteiger partial charge in [0.15, 0.2) is 5.96 Å². The van der Waals surface area contributed by atoms with Crippen molar-refractivity contribution in [2.45, 2.75) is 26.3 Å². The molecule has 0 aliphatic carbocycles. The molecule has 1 fully saturated rings. The van der Waals surface area contributed by atoms with Gasteiger partial charge in [-0.25, -0.2) is 4.98 Å². The van der Waals surface area contributed by atoms with E-state index in [4.69, 9.17) is 0 Å². The summed E-state index contributed by atoms with van der Waals surface area (Å²) in [5, 5.41) is 8.02. The molecule has 0 aromatic carbocycles. The van der Waals surface area contributed by atoms with Crippen molar-refractivity contribution in [1.29, 1.82) is 0 Å². The number of hydrogen-bond acceptors (Lipinski definition) is 5. The summed E-state index contributed by atoms with van der Waals surface area (Å²) in [6.45, 7) is 9.33. The number of nitrogens with one attached hydrogen (secondary N) is 2. The van der Waals surface area contributed by atoms with E-state index in [1.165, 1.54) is 9.88 Å². The quantitative estimate of drug-likeness (QED) is 0.612. The zero-order valence-corrected chi connectivity index (χ0v) is 15.8. The molecule has 0 amide bonds. The SMILES string of the molecule is CN=C(NCCc1nc(C)c(C)s1)NCC1CN(C)CCN1C. The molecule has 7 heteroatoms. The van der Waals surface area contributed by atoms with Crippen LogP contribution in [-0.2, 0) is 6.42 Å². The van der Waals surface area contributed by atoms with E-state index in [9.17, 15) is 0 Å². The normalized spacial score (nSPS) is 20.7. The fraction of sp³-hybridized carbons (Fsp3) is 0.750. The summed E-state index contributed by atoms with van der Waals surface area (Å²) in [4.78, 5) is 15.0. The lowest BCUT2D eigenvalue weighted by Crippen LogP contribution is -2.55. The third kappa shape index (κ3) is 5.44. The van der Waals surface area contributed by atoms with Crippen LogP contribution < -0.4 is 10.6 Å². The molecule has 0 saturated carbocycles. The van der Waals surface area contributed by atoms with Gasteiger partial charge in [0.25, 0.3) is 0 Å². The van der Waals surface area contributed by atoms with E-state index < -0.39 is 0 Å². The molecule has 6 nitrogen and oxygen atoms in total. The summed E-state index contributed by atoms with van der Waals surface area (Å²) in [5.41, 5.74) is 1.15. The lowest BCUT2D eigenvalue weighted by Gasteiger charge is -2.37. The van der Waals surface area contributed by atoms with Crippen LogP contribution in [0.5, 0.6) is 0 Å². The van der Waals surface area contributed by atoms with E-state index in [-0.39, 0.29) is 0 Å². The molecule has 2 rings (SSSR count). The molecular formula is C16H30N6S. The standard InChI is InChI=1S/C16H30N6S/c1-12-13(2)23-15(20-12)6-7-18-16(17-3)19-10-14-11-21(4)8-9-22(14)5/h14H,6-11H2,1-5H3,(H2,17,18,19). The number of likely N-dealkylation sites (N-methyl/N-ethyl adjacent to an activating group) is 2. The van der Waals surface area contributed by atoms with Gasteiger partial charge in [-0.1, -0.05) is 0 Å². The second kappa shape index (κ2) is 8.61. The first kappa shape index (κ1) is 18.2. The molecule has 23 heavy (non-hydrogen) atoms. The zero-order chi connectivity index (χ0) is 16.8. The molecule has 1 unspecified atom stereocenters. The summed E-state index contributed by atoms with van der Waals surface area (Å²) >= 11 is 1.79. The number of nitrogens with zero attached hydrogens (tertiary/aromatic N) is 4. The van der Waals surface area contributed by atoms with Gasteiger partial charge in [0.05, 0.1) is 10.7 Å². The van der Waals surface area contributed by atoms with Crippen LogP contribution in [0.4, 0.5) is 0 Å². The minimum Gasteiger partial charge on any atom is -0.356 e. The maximum Gasteiger partial charge on any atom is 0.191 e. The van der Waals surface area contributed by atoms with Crippen LogP contribution in [0.15, 0.2) is 4.99 Å². The fourth-order valence-corrected chi connectivity index (χ4v) is 3.62. The lowest BCUT2D eigenvalue weighted by molar-refractivity contribution is 0.116. The van der Waals surface area contributed by atoms with Crippen LogP contribution in [0.25, 0.3) is 0 Å². The van der Waals surface area contributed by atoms with E-state index in [0.29, 0.717) is 6.04 Å². The highest BCUT2D eigenvalue weighted by atomic mass is 32.1. The van der Waals surface area contributed by atoms with Crippen molar-refractivity contribution in [3.8, 4) is 0 Å². The molecule has 2 heterocycles. The van der Waals surface area contributed by atoms with Gasteiger partial charge >= 0.3 is 0 Å². The van der Waals surface area contributed by atoms with E-state index in [1.54, 1.807) is 11.3 Å². The molecule has 1 aromatic rings. The highest BCUT2D eigenvalue weighted by molar-refractivity contribution is 7.11. The Morgan fingerprint density at radius 3 is 2.74 bits per heavy atom. The van der Waals surface area contributed by atoms with Crippen LogP contribution in [0.1, 0.15) is 15.6 Å². The molecule has 130 valence electrons. The first-order chi connectivity index (χ1) is 11.0. The Morgan fingerprint density at radius 2 is 2.09 bits per heavy atom.